The first-order valence-corrected chi connectivity index (χ1v) is 14.9. The van der Waals surface area contributed by atoms with Crippen LogP contribution in [-0.4, -0.2) is 71.7 Å². The molecule has 4 aliphatic rings. The van der Waals surface area contributed by atoms with Crippen LogP contribution in [0.25, 0.3) is 27.0 Å². The number of hydrogen-bond donors (Lipinski definition) is 2. The third-order valence-electron chi connectivity index (χ3n) is 8.68. The van der Waals surface area contributed by atoms with Gasteiger partial charge in [0.25, 0.3) is 0 Å². The highest BCUT2D eigenvalue weighted by Gasteiger charge is 2.49. The van der Waals surface area contributed by atoms with Crippen molar-refractivity contribution >= 4 is 43.8 Å². The monoisotopic (exact) mass is 630 g/mol. The second-order valence-electron chi connectivity index (χ2n) is 11.1. The molecule has 224 valence electrons. The molecule has 2 saturated heterocycles. The SMILES string of the molecule is CN1C=C(OC[C@@]23CCCN2C[C@H](F)C3)Oc2c(F)c(-c3ccc(F)c4sc(N)c(C#N)c34)c(Cl)c3c2=C1N(CO)CN=3. The maximum Gasteiger partial charge on any atom is 0.302 e. The Morgan fingerprint density at radius 3 is 2.95 bits per heavy atom. The zero-order valence-corrected chi connectivity index (χ0v) is 24.5. The fourth-order valence-corrected chi connectivity index (χ4v) is 8.10. The Bertz CT molecular complexity index is 1890. The largest absolute Gasteiger partial charge is 0.462 e. The molecule has 14 heteroatoms. The molecule has 7 rings (SSSR count). The topological polar surface area (TPSA) is 111 Å². The van der Waals surface area contributed by atoms with Gasteiger partial charge in [0.15, 0.2) is 11.6 Å². The number of benzene rings is 2. The number of rotatable bonds is 5. The number of nitrogens with zero attached hydrogens (tertiary/aromatic N) is 5. The van der Waals surface area contributed by atoms with Gasteiger partial charge in [-0.25, -0.2) is 13.2 Å². The van der Waals surface area contributed by atoms with Gasteiger partial charge >= 0.3 is 5.95 Å². The number of anilines is 1. The van der Waals surface area contributed by atoms with Crippen LogP contribution >= 0.6 is 22.9 Å². The van der Waals surface area contributed by atoms with E-state index in [2.05, 4.69) is 9.89 Å². The minimum absolute atomic E-state index is 0.00106. The lowest BCUT2D eigenvalue weighted by Crippen LogP contribution is -2.46. The lowest BCUT2D eigenvalue weighted by molar-refractivity contribution is 0.0258. The summed E-state index contributed by atoms with van der Waals surface area (Å²) < 4.78 is 58.5. The van der Waals surface area contributed by atoms with Crippen LogP contribution in [0.4, 0.5) is 18.2 Å². The lowest BCUT2D eigenvalue weighted by atomic mass is 9.95. The summed E-state index contributed by atoms with van der Waals surface area (Å²) in [5, 5.41) is 20.5. The Labute approximate surface area is 253 Å². The Kier molecular flexibility index (Phi) is 6.66. The van der Waals surface area contributed by atoms with Crippen molar-refractivity contribution in [3.8, 4) is 22.9 Å². The molecule has 3 aromatic rings. The number of halogens is 4. The van der Waals surface area contributed by atoms with E-state index in [1.54, 1.807) is 11.9 Å². The molecule has 0 unspecified atom stereocenters. The molecule has 0 spiro atoms. The summed E-state index contributed by atoms with van der Waals surface area (Å²) in [4.78, 5) is 9.77. The molecule has 0 amide bonds. The van der Waals surface area contributed by atoms with E-state index in [0.717, 1.165) is 30.7 Å². The van der Waals surface area contributed by atoms with Gasteiger partial charge in [-0.15, -0.1) is 11.3 Å². The van der Waals surface area contributed by atoms with Gasteiger partial charge in [0, 0.05) is 31.0 Å². The van der Waals surface area contributed by atoms with Crippen LogP contribution in [0.15, 0.2) is 29.3 Å². The number of aliphatic hydroxyl groups is 1. The molecule has 0 bridgehead atoms. The average molecular weight is 631 g/mol. The van der Waals surface area contributed by atoms with Crippen LogP contribution in [0.2, 0.25) is 5.02 Å². The predicted molar refractivity (Wildman–Crippen MR) is 155 cm³/mol. The summed E-state index contributed by atoms with van der Waals surface area (Å²) in [6.07, 6.45) is 2.61. The van der Waals surface area contributed by atoms with Crippen LogP contribution in [-0.2, 0) is 4.74 Å². The summed E-state index contributed by atoms with van der Waals surface area (Å²) in [6.45, 7) is 0.837. The predicted octanol–water partition coefficient (Wildman–Crippen LogP) is 3.58. The summed E-state index contributed by atoms with van der Waals surface area (Å²) >= 11 is 7.77. The van der Waals surface area contributed by atoms with Crippen molar-refractivity contribution in [1.82, 2.24) is 14.7 Å². The Morgan fingerprint density at radius 2 is 2.19 bits per heavy atom. The van der Waals surface area contributed by atoms with E-state index in [4.69, 9.17) is 26.8 Å². The van der Waals surface area contributed by atoms with Gasteiger partial charge in [0.05, 0.1) is 37.6 Å². The normalized spacial score (nSPS) is 23.0. The maximum absolute atomic E-state index is 16.9. The van der Waals surface area contributed by atoms with Crippen molar-refractivity contribution in [2.45, 2.75) is 31.0 Å². The van der Waals surface area contributed by atoms with Gasteiger partial charge < -0.3 is 30.1 Å². The zero-order valence-electron chi connectivity index (χ0n) is 23.0. The molecule has 9 nitrogen and oxygen atoms in total. The van der Waals surface area contributed by atoms with Gasteiger partial charge in [0.1, 0.15) is 48.9 Å². The maximum atomic E-state index is 16.9. The minimum atomic E-state index is -0.952. The molecule has 0 radical (unpaired) electrons. The van der Waals surface area contributed by atoms with Gasteiger partial charge in [-0.1, -0.05) is 17.7 Å². The number of fused-ring (bicyclic) bond motifs is 2. The highest BCUT2D eigenvalue weighted by molar-refractivity contribution is 7.23. The Morgan fingerprint density at radius 1 is 1.37 bits per heavy atom. The highest BCUT2D eigenvalue weighted by atomic mass is 35.5. The molecule has 0 aliphatic carbocycles. The zero-order chi connectivity index (χ0) is 30.2. The molecule has 43 heavy (non-hydrogen) atoms. The molecule has 2 atom stereocenters. The summed E-state index contributed by atoms with van der Waals surface area (Å²) in [6, 6.07) is 4.51. The molecule has 0 saturated carbocycles. The fourth-order valence-electron chi connectivity index (χ4n) is 6.81. The Hall–Kier alpha value is -3.70. The first kappa shape index (κ1) is 28.1. The van der Waals surface area contributed by atoms with E-state index in [1.165, 1.54) is 23.2 Å². The smallest absolute Gasteiger partial charge is 0.302 e. The highest BCUT2D eigenvalue weighted by Crippen LogP contribution is 2.45. The molecule has 5 heterocycles. The molecule has 2 aromatic carbocycles. The number of hydrogen-bond acceptors (Lipinski definition) is 10. The van der Waals surface area contributed by atoms with Crippen molar-refractivity contribution in [3.63, 3.8) is 0 Å². The summed E-state index contributed by atoms with van der Waals surface area (Å²) in [5.41, 5.74) is 5.57. The molecular weight excluding hydrogens is 605 g/mol. The van der Waals surface area contributed by atoms with Crippen molar-refractivity contribution in [3.05, 3.63) is 57.1 Å². The second kappa shape index (κ2) is 10.2. The average Bonchev–Trinajstić information content (AvgIpc) is 3.59. The quantitative estimate of drug-likeness (QED) is 0.440. The van der Waals surface area contributed by atoms with Crippen molar-refractivity contribution in [1.29, 1.82) is 5.26 Å². The Balaban J connectivity index is 1.41. The van der Waals surface area contributed by atoms with Crippen molar-refractivity contribution < 1.29 is 27.8 Å². The van der Waals surface area contributed by atoms with Crippen LogP contribution in [0.3, 0.4) is 0 Å². The third-order valence-corrected chi connectivity index (χ3v) is 10.1. The van der Waals surface area contributed by atoms with Crippen LogP contribution in [0.5, 0.6) is 5.75 Å². The van der Waals surface area contributed by atoms with Crippen LogP contribution in [0.1, 0.15) is 24.8 Å². The number of alkyl halides is 1. The van der Waals surface area contributed by atoms with E-state index in [-0.39, 0.29) is 72.3 Å². The van der Waals surface area contributed by atoms with E-state index < -0.39 is 30.1 Å². The molecule has 3 N–H and O–H groups in total. The van der Waals surface area contributed by atoms with Gasteiger partial charge in [-0.05, 0) is 31.0 Å². The molecule has 2 fully saturated rings. The van der Waals surface area contributed by atoms with E-state index in [1.807, 2.05) is 6.07 Å². The summed E-state index contributed by atoms with van der Waals surface area (Å²) in [7, 11) is 1.69. The van der Waals surface area contributed by atoms with Crippen molar-refractivity contribution in [2.75, 3.05) is 45.9 Å². The molecular formula is C29H26ClF3N6O3S. The standard InChI is InChI=1S/C29H26ClF3N6O3S/c1-37-10-18(41-11-29-5-2-6-39(29)9-14(31)7-29)42-25-21-24(36-12-38(13-40)28(21)37)22(30)20(23(25)33)15-3-4-17(32)26-19(15)16(8-34)27(35)43-26/h3-4,10,14,40H,2,5-7,9,11-13,35H2,1H3/t14-,29+/m1/s1. The number of nitriles is 1. The number of nitrogen functional groups attached to an aromatic ring is 1. The fraction of sp³-hybridized carbons (Fsp3) is 0.379. The minimum Gasteiger partial charge on any atom is -0.462 e. The number of aliphatic hydroxyl groups excluding tert-OH is 1. The van der Waals surface area contributed by atoms with E-state index in [0.29, 0.717) is 18.8 Å². The van der Waals surface area contributed by atoms with Gasteiger partial charge in [-0.3, -0.25) is 9.89 Å². The van der Waals surface area contributed by atoms with Crippen LogP contribution in [0, 0.1) is 23.0 Å². The molecule has 4 aliphatic heterocycles. The molecule has 1 aromatic heterocycles. The van der Waals surface area contributed by atoms with E-state index >= 15 is 4.39 Å². The first-order valence-electron chi connectivity index (χ1n) is 13.7. The number of nitrogens with two attached hydrogens (primary N) is 1. The van der Waals surface area contributed by atoms with Crippen LogP contribution < -0.4 is 21.0 Å². The summed E-state index contributed by atoms with van der Waals surface area (Å²) in [5.74, 6) is -1.44. The van der Waals surface area contributed by atoms with Gasteiger partial charge in [-0.2, -0.15) is 5.26 Å². The second-order valence-corrected chi connectivity index (χ2v) is 12.6. The lowest BCUT2D eigenvalue weighted by Gasteiger charge is -2.31. The first-order chi connectivity index (χ1) is 20.7. The number of thiophene rings is 1. The number of ether oxygens (including phenoxy) is 2. The third kappa shape index (κ3) is 4.15. The van der Waals surface area contributed by atoms with E-state index in [9.17, 15) is 19.1 Å². The van der Waals surface area contributed by atoms with Gasteiger partial charge in [0.2, 0.25) is 0 Å². The van der Waals surface area contributed by atoms with Crippen molar-refractivity contribution in [2.24, 2.45) is 4.99 Å².